The fourth-order valence-corrected chi connectivity index (χ4v) is 3.91. The van der Waals surface area contributed by atoms with Crippen molar-refractivity contribution in [2.75, 3.05) is 12.3 Å². The second-order valence-corrected chi connectivity index (χ2v) is 6.55. The molecule has 3 amide bonds. The van der Waals surface area contributed by atoms with Gasteiger partial charge in [-0.2, -0.15) is 4.99 Å². The van der Waals surface area contributed by atoms with Crippen LogP contribution in [-0.2, 0) is 4.79 Å². The maximum Gasteiger partial charge on any atom is 0.341 e. The number of fused-ring (bicyclic) bond motifs is 1. The lowest BCUT2D eigenvalue weighted by atomic mass is 10.1. The van der Waals surface area contributed by atoms with Gasteiger partial charge in [0, 0.05) is 24.0 Å². The molecule has 6 heteroatoms. The SMILES string of the molecule is CCCCNC(=O)CCCC[C@@H]1SC[C@@H]2NC(=O)N=C21. The highest BCUT2D eigenvalue weighted by atomic mass is 32.2. The van der Waals surface area contributed by atoms with Crippen molar-refractivity contribution in [3.63, 3.8) is 0 Å². The van der Waals surface area contributed by atoms with Crippen LogP contribution in [0.15, 0.2) is 4.99 Å². The molecule has 0 radical (unpaired) electrons. The van der Waals surface area contributed by atoms with E-state index in [1.54, 1.807) is 0 Å². The van der Waals surface area contributed by atoms with Crippen LogP contribution in [0.3, 0.4) is 0 Å². The van der Waals surface area contributed by atoms with Gasteiger partial charge in [0.1, 0.15) is 0 Å². The first-order chi connectivity index (χ1) is 9.70. The van der Waals surface area contributed by atoms with Crippen molar-refractivity contribution in [2.45, 2.75) is 56.7 Å². The zero-order valence-corrected chi connectivity index (χ0v) is 12.8. The average Bonchev–Trinajstić information content (AvgIpc) is 2.95. The Balaban J connectivity index is 1.59. The molecule has 2 aliphatic rings. The van der Waals surface area contributed by atoms with Crippen molar-refractivity contribution in [1.29, 1.82) is 0 Å². The molecule has 0 saturated carbocycles. The minimum Gasteiger partial charge on any atom is -0.356 e. The topological polar surface area (TPSA) is 70.6 Å². The molecule has 2 N–H and O–H groups in total. The van der Waals surface area contributed by atoms with Gasteiger partial charge < -0.3 is 10.6 Å². The van der Waals surface area contributed by atoms with Crippen LogP contribution in [0.25, 0.3) is 0 Å². The summed E-state index contributed by atoms with van der Waals surface area (Å²) < 4.78 is 0. The number of rotatable bonds is 8. The molecule has 0 aromatic heterocycles. The van der Waals surface area contributed by atoms with E-state index in [0.29, 0.717) is 11.7 Å². The molecule has 2 aliphatic heterocycles. The zero-order chi connectivity index (χ0) is 14.4. The number of nitrogens with one attached hydrogen (secondary N) is 2. The van der Waals surface area contributed by atoms with Crippen LogP contribution in [0.2, 0.25) is 0 Å². The zero-order valence-electron chi connectivity index (χ0n) is 12.0. The Morgan fingerprint density at radius 3 is 3.10 bits per heavy atom. The number of urea groups is 1. The molecule has 2 rings (SSSR count). The molecule has 1 saturated heterocycles. The lowest BCUT2D eigenvalue weighted by Crippen LogP contribution is -2.32. The predicted molar refractivity (Wildman–Crippen MR) is 82.4 cm³/mol. The Bertz CT molecular complexity index is 398. The van der Waals surface area contributed by atoms with Crippen LogP contribution in [0, 0.1) is 0 Å². The summed E-state index contributed by atoms with van der Waals surface area (Å²) in [6.07, 6.45) is 5.69. The van der Waals surface area contributed by atoms with E-state index in [-0.39, 0.29) is 18.0 Å². The minimum absolute atomic E-state index is 0.158. The van der Waals surface area contributed by atoms with E-state index >= 15 is 0 Å². The largest absolute Gasteiger partial charge is 0.356 e. The van der Waals surface area contributed by atoms with Crippen LogP contribution in [0.5, 0.6) is 0 Å². The molecular formula is C14H23N3O2S. The van der Waals surface area contributed by atoms with E-state index in [1.165, 1.54) is 0 Å². The van der Waals surface area contributed by atoms with Crippen LogP contribution in [-0.4, -0.2) is 41.2 Å². The summed E-state index contributed by atoms with van der Waals surface area (Å²) in [7, 11) is 0. The number of hydrogen-bond donors (Lipinski definition) is 2. The van der Waals surface area contributed by atoms with Gasteiger partial charge in [-0.3, -0.25) is 4.79 Å². The summed E-state index contributed by atoms with van der Waals surface area (Å²) in [6, 6.07) is -0.0274. The van der Waals surface area contributed by atoms with Gasteiger partial charge in [0.15, 0.2) is 0 Å². The molecule has 1 fully saturated rings. The Kier molecular flexibility index (Phi) is 5.88. The number of aliphatic imine (C=N–C) groups is 1. The summed E-state index contributed by atoms with van der Waals surface area (Å²) in [5.74, 6) is 1.10. The number of unbranched alkanes of at least 4 members (excludes halogenated alkanes) is 2. The minimum atomic E-state index is -0.189. The number of nitrogens with zero attached hydrogens (tertiary/aromatic N) is 1. The first-order valence-electron chi connectivity index (χ1n) is 7.48. The van der Waals surface area contributed by atoms with Crippen LogP contribution < -0.4 is 10.6 Å². The quantitative estimate of drug-likeness (QED) is 0.674. The number of thioether (sulfide) groups is 1. The van der Waals surface area contributed by atoms with Crippen LogP contribution in [0.1, 0.15) is 45.4 Å². The number of hydrogen-bond acceptors (Lipinski definition) is 3. The summed E-state index contributed by atoms with van der Waals surface area (Å²) in [6.45, 7) is 2.91. The van der Waals surface area contributed by atoms with E-state index in [0.717, 1.165) is 50.1 Å². The average molecular weight is 297 g/mol. The normalized spacial score (nSPS) is 24.2. The molecule has 0 aromatic rings. The van der Waals surface area contributed by atoms with Gasteiger partial charge in [0.2, 0.25) is 5.91 Å². The molecular weight excluding hydrogens is 274 g/mol. The third-order valence-corrected chi connectivity index (χ3v) is 5.06. The van der Waals surface area contributed by atoms with Crippen molar-refractivity contribution in [3.05, 3.63) is 0 Å². The molecule has 0 bridgehead atoms. The fraction of sp³-hybridized carbons (Fsp3) is 0.786. The van der Waals surface area contributed by atoms with Crippen molar-refractivity contribution >= 4 is 29.4 Å². The van der Waals surface area contributed by atoms with Gasteiger partial charge >= 0.3 is 6.03 Å². The molecule has 0 spiro atoms. The Labute approximate surface area is 124 Å². The number of amides is 3. The maximum absolute atomic E-state index is 11.5. The molecule has 0 unspecified atom stereocenters. The van der Waals surface area contributed by atoms with Gasteiger partial charge in [-0.15, -0.1) is 11.8 Å². The summed E-state index contributed by atoms with van der Waals surface area (Å²) in [5, 5.41) is 6.15. The van der Waals surface area contributed by atoms with Crippen molar-refractivity contribution in [1.82, 2.24) is 10.6 Å². The first-order valence-corrected chi connectivity index (χ1v) is 8.53. The van der Waals surface area contributed by atoms with Crippen LogP contribution >= 0.6 is 11.8 Å². The first kappa shape index (κ1) is 15.4. The summed E-state index contributed by atoms with van der Waals surface area (Å²) in [4.78, 5) is 26.8. The second kappa shape index (κ2) is 7.67. The highest BCUT2D eigenvalue weighted by Crippen LogP contribution is 2.31. The third-order valence-electron chi connectivity index (χ3n) is 3.65. The van der Waals surface area contributed by atoms with Crippen molar-refractivity contribution in [3.8, 4) is 0 Å². The van der Waals surface area contributed by atoms with Crippen molar-refractivity contribution in [2.24, 2.45) is 4.99 Å². The standard InChI is InChI=1S/C14H23N3O2S/c1-2-3-8-15-12(18)7-5-4-6-11-13-10(9-20-11)16-14(19)17-13/h10-11H,2-9H2,1H3,(H,15,18)(H,16,19)/t10-,11-/m0/s1. The lowest BCUT2D eigenvalue weighted by Gasteiger charge is -2.09. The molecule has 112 valence electrons. The van der Waals surface area contributed by atoms with Gasteiger partial charge in [-0.05, 0) is 19.3 Å². The van der Waals surface area contributed by atoms with E-state index < -0.39 is 0 Å². The molecule has 5 nitrogen and oxygen atoms in total. The fourth-order valence-electron chi connectivity index (χ4n) is 2.51. The summed E-state index contributed by atoms with van der Waals surface area (Å²) in [5.41, 5.74) is 1.02. The number of carbonyl (C=O) groups excluding carboxylic acids is 2. The predicted octanol–water partition coefficient (Wildman–Crippen LogP) is 2.11. The van der Waals surface area contributed by atoms with E-state index in [2.05, 4.69) is 22.5 Å². The molecule has 2 heterocycles. The van der Waals surface area contributed by atoms with Gasteiger partial charge in [0.25, 0.3) is 0 Å². The highest BCUT2D eigenvalue weighted by molar-refractivity contribution is 8.01. The third kappa shape index (κ3) is 4.23. The highest BCUT2D eigenvalue weighted by Gasteiger charge is 2.37. The Morgan fingerprint density at radius 1 is 1.45 bits per heavy atom. The van der Waals surface area contributed by atoms with Crippen LogP contribution in [0.4, 0.5) is 4.79 Å². The van der Waals surface area contributed by atoms with E-state index in [4.69, 9.17) is 0 Å². The van der Waals surface area contributed by atoms with Crippen molar-refractivity contribution < 1.29 is 9.59 Å². The van der Waals surface area contributed by atoms with Gasteiger partial charge in [-0.1, -0.05) is 19.8 Å². The molecule has 0 aliphatic carbocycles. The molecule has 20 heavy (non-hydrogen) atoms. The molecule has 2 atom stereocenters. The van der Waals surface area contributed by atoms with E-state index in [1.807, 2.05) is 11.8 Å². The Morgan fingerprint density at radius 2 is 2.30 bits per heavy atom. The Hall–Kier alpha value is -1.04. The van der Waals surface area contributed by atoms with E-state index in [9.17, 15) is 9.59 Å². The monoisotopic (exact) mass is 297 g/mol. The second-order valence-electron chi connectivity index (χ2n) is 5.31. The van der Waals surface area contributed by atoms with Gasteiger partial charge in [-0.25, -0.2) is 4.79 Å². The van der Waals surface area contributed by atoms with Gasteiger partial charge in [0.05, 0.1) is 11.8 Å². The molecule has 0 aromatic carbocycles. The number of carbonyl (C=O) groups is 2. The summed E-state index contributed by atoms with van der Waals surface area (Å²) >= 11 is 1.87. The maximum atomic E-state index is 11.5. The smallest absolute Gasteiger partial charge is 0.341 e. The lowest BCUT2D eigenvalue weighted by molar-refractivity contribution is -0.121.